The lowest BCUT2D eigenvalue weighted by Gasteiger charge is -2.11. The molecule has 0 radical (unpaired) electrons. The molecule has 0 N–H and O–H groups in total. The summed E-state index contributed by atoms with van der Waals surface area (Å²) in [7, 11) is 0. The summed E-state index contributed by atoms with van der Waals surface area (Å²) in [5.74, 6) is -2.51. The minimum atomic E-state index is -5.13. The molecule has 160 valence electrons. The number of aromatic nitrogens is 2. The van der Waals surface area contributed by atoms with Crippen LogP contribution in [0.1, 0.15) is 22.5 Å². The molecule has 11 heteroatoms. The fourth-order valence-electron chi connectivity index (χ4n) is 2.71. The Hall–Kier alpha value is -3.68. The van der Waals surface area contributed by atoms with Gasteiger partial charge in [0, 0.05) is 11.6 Å². The van der Waals surface area contributed by atoms with Crippen molar-refractivity contribution in [1.29, 1.82) is 5.26 Å². The number of hydrogen-bond donors (Lipinski definition) is 0. The molecular formula is C20H9F8N3. The SMILES string of the molecule is N#CC(=Cc1cccc(-n2nc(C(F)(F)F)cc2C(F)(F)F)c1)c1cccc(F)c1F. The topological polar surface area (TPSA) is 41.6 Å². The summed E-state index contributed by atoms with van der Waals surface area (Å²) in [6.45, 7) is 0. The first-order valence-corrected chi connectivity index (χ1v) is 8.33. The Kier molecular flexibility index (Phi) is 5.59. The summed E-state index contributed by atoms with van der Waals surface area (Å²) < 4.78 is 106. The Labute approximate surface area is 169 Å². The van der Waals surface area contributed by atoms with Crippen molar-refractivity contribution in [3.05, 3.63) is 82.7 Å². The van der Waals surface area contributed by atoms with Crippen molar-refractivity contribution in [2.75, 3.05) is 0 Å². The van der Waals surface area contributed by atoms with Gasteiger partial charge in [-0.15, -0.1) is 0 Å². The Bertz CT molecular complexity index is 1200. The second-order valence-electron chi connectivity index (χ2n) is 6.19. The van der Waals surface area contributed by atoms with Crippen LogP contribution in [-0.4, -0.2) is 9.78 Å². The van der Waals surface area contributed by atoms with Crippen molar-refractivity contribution in [2.45, 2.75) is 12.4 Å². The Morgan fingerprint density at radius 2 is 1.61 bits per heavy atom. The summed E-state index contributed by atoms with van der Waals surface area (Å²) in [5, 5.41) is 12.3. The highest BCUT2D eigenvalue weighted by molar-refractivity contribution is 5.90. The van der Waals surface area contributed by atoms with E-state index in [-0.39, 0.29) is 33.1 Å². The van der Waals surface area contributed by atoms with E-state index in [1.807, 2.05) is 0 Å². The van der Waals surface area contributed by atoms with E-state index in [0.29, 0.717) is 0 Å². The van der Waals surface area contributed by atoms with Gasteiger partial charge in [0.05, 0.1) is 17.3 Å². The molecule has 0 bridgehead atoms. The zero-order valence-corrected chi connectivity index (χ0v) is 15.1. The maximum Gasteiger partial charge on any atom is 0.435 e. The molecule has 2 aromatic carbocycles. The van der Waals surface area contributed by atoms with E-state index in [0.717, 1.165) is 36.4 Å². The maximum absolute atomic E-state index is 14.0. The van der Waals surface area contributed by atoms with E-state index >= 15 is 0 Å². The van der Waals surface area contributed by atoms with Crippen LogP contribution in [0.4, 0.5) is 35.1 Å². The second kappa shape index (κ2) is 7.86. The molecule has 0 amide bonds. The van der Waals surface area contributed by atoms with Gasteiger partial charge in [0.25, 0.3) is 0 Å². The first-order chi connectivity index (χ1) is 14.4. The Morgan fingerprint density at radius 3 is 2.23 bits per heavy atom. The van der Waals surface area contributed by atoms with Crippen molar-refractivity contribution in [1.82, 2.24) is 9.78 Å². The summed E-state index contributed by atoms with van der Waals surface area (Å²) >= 11 is 0. The predicted molar refractivity (Wildman–Crippen MR) is 93.4 cm³/mol. The van der Waals surface area contributed by atoms with Crippen LogP contribution in [-0.2, 0) is 12.4 Å². The van der Waals surface area contributed by atoms with Gasteiger partial charge in [-0.05, 0) is 29.8 Å². The lowest BCUT2D eigenvalue weighted by atomic mass is 10.0. The van der Waals surface area contributed by atoms with Gasteiger partial charge in [-0.3, -0.25) is 0 Å². The molecule has 0 saturated heterocycles. The van der Waals surface area contributed by atoms with Gasteiger partial charge in [-0.1, -0.05) is 24.3 Å². The van der Waals surface area contributed by atoms with E-state index in [4.69, 9.17) is 0 Å². The molecule has 3 rings (SSSR count). The van der Waals surface area contributed by atoms with Gasteiger partial charge in [0.1, 0.15) is 5.69 Å². The molecule has 3 nitrogen and oxygen atoms in total. The van der Waals surface area contributed by atoms with Crippen LogP contribution in [0.15, 0.2) is 48.5 Å². The van der Waals surface area contributed by atoms with Gasteiger partial charge in [-0.2, -0.15) is 36.7 Å². The predicted octanol–water partition coefficient (Wildman–Crippen LogP) is 6.25. The fourth-order valence-corrected chi connectivity index (χ4v) is 2.71. The zero-order chi connectivity index (χ0) is 23.0. The third-order valence-electron chi connectivity index (χ3n) is 4.08. The van der Waals surface area contributed by atoms with E-state index in [2.05, 4.69) is 5.10 Å². The van der Waals surface area contributed by atoms with Crippen molar-refractivity contribution in [3.8, 4) is 11.8 Å². The van der Waals surface area contributed by atoms with Gasteiger partial charge in [0.15, 0.2) is 17.3 Å². The highest BCUT2D eigenvalue weighted by Crippen LogP contribution is 2.36. The monoisotopic (exact) mass is 443 g/mol. The molecule has 0 aliphatic heterocycles. The maximum atomic E-state index is 14.0. The number of alkyl halides is 6. The molecule has 0 spiro atoms. The van der Waals surface area contributed by atoms with Gasteiger partial charge >= 0.3 is 12.4 Å². The molecule has 3 aromatic rings. The zero-order valence-electron chi connectivity index (χ0n) is 15.1. The normalized spacial score (nSPS) is 12.7. The van der Waals surface area contributed by atoms with Crippen LogP contribution in [0.3, 0.4) is 0 Å². The second-order valence-corrected chi connectivity index (χ2v) is 6.19. The molecule has 0 aliphatic rings. The average Bonchev–Trinajstić information content (AvgIpc) is 3.15. The number of nitrogens with zero attached hydrogens (tertiary/aromatic N) is 3. The molecule has 0 fully saturated rings. The highest BCUT2D eigenvalue weighted by Gasteiger charge is 2.42. The van der Waals surface area contributed by atoms with E-state index in [1.165, 1.54) is 12.1 Å². The number of hydrogen-bond acceptors (Lipinski definition) is 2. The third-order valence-corrected chi connectivity index (χ3v) is 4.08. The van der Waals surface area contributed by atoms with Gasteiger partial charge in [0.2, 0.25) is 0 Å². The first-order valence-electron chi connectivity index (χ1n) is 8.33. The van der Waals surface area contributed by atoms with Crippen LogP contribution in [0.5, 0.6) is 0 Å². The summed E-state index contributed by atoms with van der Waals surface area (Å²) in [6, 6.07) is 9.30. The summed E-state index contributed by atoms with van der Waals surface area (Å²) in [5.41, 5.74) is -4.45. The molecule has 0 unspecified atom stereocenters. The average molecular weight is 443 g/mol. The molecule has 0 saturated carbocycles. The molecule has 1 aromatic heterocycles. The minimum Gasteiger partial charge on any atom is -0.228 e. The number of benzene rings is 2. The molecule has 31 heavy (non-hydrogen) atoms. The lowest BCUT2D eigenvalue weighted by molar-refractivity contribution is -0.143. The quantitative estimate of drug-likeness (QED) is 0.273. The Morgan fingerprint density at radius 1 is 0.935 bits per heavy atom. The van der Waals surface area contributed by atoms with E-state index in [1.54, 1.807) is 6.07 Å². The van der Waals surface area contributed by atoms with Crippen LogP contribution < -0.4 is 0 Å². The van der Waals surface area contributed by atoms with Gasteiger partial charge < -0.3 is 0 Å². The number of rotatable bonds is 3. The minimum absolute atomic E-state index is 0.0508. The third kappa shape index (κ3) is 4.58. The van der Waals surface area contributed by atoms with Crippen molar-refractivity contribution in [2.24, 2.45) is 0 Å². The van der Waals surface area contributed by atoms with E-state index in [9.17, 15) is 40.4 Å². The van der Waals surface area contributed by atoms with Crippen LogP contribution >= 0.6 is 0 Å². The van der Waals surface area contributed by atoms with Crippen molar-refractivity contribution >= 4 is 11.6 Å². The highest BCUT2D eigenvalue weighted by atomic mass is 19.4. The molecular weight excluding hydrogens is 434 g/mol. The van der Waals surface area contributed by atoms with Gasteiger partial charge in [-0.25, -0.2) is 13.5 Å². The Balaban J connectivity index is 2.13. The number of allylic oxidation sites excluding steroid dienone is 1. The largest absolute Gasteiger partial charge is 0.435 e. The van der Waals surface area contributed by atoms with Crippen molar-refractivity contribution in [3.63, 3.8) is 0 Å². The van der Waals surface area contributed by atoms with Crippen LogP contribution in [0, 0.1) is 23.0 Å². The van der Waals surface area contributed by atoms with E-state index < -0.39 is 35.4 Å². The summed E-state index contributed by atoms with van der Waals surface area (Å²) in [4.78, 5) is 0. The molecule has 1 heterocycles. The standard InChI is InChI=1S/C20H9F8N3/c21-15-6-2-5-14(18(15)22)12(10-29)7-11-3-1-4-13(8-11)31-17(20(26,27)28)9-16(30-31)19(23,24)25/h1-9H. The van der Waals surface area contributed by atoms with Crippen LogP contribution in [0.25, 0.3) is 17.3 Å². The summed E-state index contributed by atoms with van der Waals surface area (Å²) in [6.07, 6.45) is -9.18. The fraction of sp³-hybridized carbons (Fsp3) is 0.100. The van der Waals surface area contributed by atoms with Crippen molar-refractivity contribution < 1.29 is 35.1 Å². The van der Waals surface area contributed by atoms with Crippen LogP contribution in [0.2, 0.25) is 0 Å². The smallest absolute Gasteiger partial charge is 0.228 e. The first kappa shape index (κ1) is 22.0. The number of nitriles is 1. The number of halogens is 8. The molecule has 0 atom stereocenters. The lowest BCUT2D eigenvalue weighted by Crippen LogP contribution is -2.13. The molecule has 0 aliphatic carbocycles.